The first-order valence-electron chi connectivity index (χ1n) is 7.01. The molecule has 20 heavy (non-hydrogen) atoms. The monoisotopic (exact) mass is 276 g/mol. The molecular weight excluding hydrogens is 256 g/mol. The molecule has 1 saturated heterocycles. The lowest BCUT2D eigenvalue weighted by Crippen LogP contribution is -2.37. The molecule has 2 aromatic rings. The molecule has 7 nitrogen and oxygen atoms in total. The van der Waals surface area contributed by atoms with Crippen LogP contribution in [0, 0.1) is 5.92 Å². The Hall–Kier alpha value is -1.89. The molecule has 3 N–H and O–H groups in total. The maximum absolute atomic E-state index is 9.68. The Bertz CT molecular complexity index is 588. The molecule has 1 aliphatic heterocycles. The first-order valence-corrected chi connectivity index (χ1v) is 7.01. The van der Waals surface area contributed by atoms with Gasteiger partial charge in [-0.3, -0.25) is 0 Å². The summed E-state index contributed by atoms with van der Waals surface area (Å²) in [5.74, 6) is 1.85. The molecule has 0 bridgehead atoms. The molecule has 7 heteroatoms. The SMILES string of the molecule is CNc1nc(N2CCC(C(C)O)CC2)c2[nH]cnc2n1. The predicted octanol–water partition coefficient (Wildman–Crippen LogP) is 0.992. The van der Waals surface area contributed by atoms with Gasteiger partial charge in [0.25, 0.3) is 0 Å². The van der Waals surface area contributed by atoms with E-state index in [1.165, 1.54) is 0 Å². The van der Waals surface area contributed by atoms with Crippen molar-refractivity contribution in [3.8, 4) is 0 Å². The Morgan fingerprint density at radius 1 is 1.40 bits per heavy atom. The third-order valence-electron chi connectivity index (χ3n) is 4.01. The summed E-state index contributed by atoms with van der Waals surface area (Å²) in [6, 6.07) is 0. The van der Waals surface area contributed by atoms with Crippen molar-refractivity contribution in [1.82, 2.24) is 19.9 Å². The van der Waals surface area contributed by atoms with Gasteiger partial charge in [0, 0.05) is 20.1 Å². The summed E-state index contributed by atoms with van der Waals surface area (Å²) in [6.07, 6.45) is 3.37. The maximum Gasteiger partial charge on any atom is 0.226 e. The number of rotatable bonds is 3. The van der Waals surface area contributed by atoms with E-state index in [1.54, 1.807) is 13.4 Å². The van der Waals surface area contributed by atoms with Crippen molar-refractivity contribution in [1.29, 1.82) is 0 Å². The topological polar surface area (TPSA) is 90.0 Å². The molecule has 1 atom stereocenters. The fraction of sp³-hybridized carbons (Fsp3) is 0.615. The number of nitrogens with one attached hydrogen (secondary N) is 2. The summed E-state index contributed by atoms with van der Waals surface area (Å²) in [5, 5.41) is 12.7. The second-order valence-corrected chi connectivity index (χ2v) is 5.29. The van der Waals surface area contributed by atoms with Crippen LogP contribution in [0.1, 0.15) is 19.8 Å². The van der Waals surface area contributed by atoms with Crippen molar-refractivity contribution < 1.29 is 5.11 Å². The molecule has 108 valence electrons. The Morgan fingerprint density at radius 2 is 2.15 bits per heavy atom. The van der Waals surface area contributed by atoms with Gasteiger partial charge in [0.1, 0.15) is 5.52 Å². The van der Waals surface area contributed by atoms with E-state index >= 15 is 0 Å². The number of H-pyrrole nitrogens is 1. The van der Waals surface area contributed by atoms with E-state index in [0.29, 0.717) is 17.5 Å². The number of fused-ring (bicyclic) bond motifs is 1. The van der Waals surface area contributed by atoms with E-state index in [9.17, 15) is 5.11 Å². The molecular formula is C13H20N6O. The molecule has 1 aliphatic rings. The largest absolute Gasteiger partial charge is 0.393 e. The Morgan fingerprint density at radius 3 is 2.80 bits per heavy atom. The second-order valence-electron chi connectivity index (χ2n) is 5.29. The number of nitrogens with zero attached hydrogens (tertiary/aromatic N) is 4. The van der Waals surface area contributed by atoms with E-state index in [2.05, 4.69) is 30.2 Å². The number of hydrogen-bond acceptors (Lipinski definition) is 6. The minimum Gasteiger partial charge on any atom is -0.393 e. The molecule has 3 heterocycles. The lowest BCUT2D eigenvalue weighted by Gasteiger charge is -2.34. The summed E-state index contributed by atoms with van der Waals surface area (Å²) in [5.41, 5.74) is 1.55. The molecule has 1 fully saturated rings. The normalized spacial score (nSPS) is 18.4. The third kappa shape index (κ3) is 2.29. The minimum atomic E-state index is -0.234. The number of imidazole rings is 1. The molecule has 1 unspecified atom stereocenters. The third-order valence-corrected chi connectivity index (χ3v) is 4.01. The standard InChI is InChI=1S/C13H20N6O/c1-8(20)9-3-5-19(6-4-9)12-10-11(16-7-15-10)17-13(14-2)18-12/h7-9,20H,3-6H2,1-2H3,(H2,14,15,16,17,18). The molecule has 0 aromatic carbocycles. The number of aromatic nitrogens is 4. The molecule has 0 amide bonds. The van der Waals surface area contributed by atoms with Gasteiger partial charge in [0.15, 0.2) is 11.5 Å². The number of piperidine rings is 1. The number of hydrogen-bond donors (Lipinski definition) is 3. The van der Waals surface area contributed by atoms with Gasteiger partial charge in [-0.1, -0.05) is 0 Å². The van der Waals surface area contributed by atoms with Crippen LogP contribution in [0.25, 0.3) is 11.2 Å². The van der Waals surface area contributed by atoms with Crippen LogP contribution in [0.3, 0.4) is 0 Å². The van der Waals surface area contributed by atoms with Gasteiger partial charge in [-0.25, -0.2) is 4.98 Å². The Labute approximate surface area is 117 Å². The van der Waals surface area contributed by atoms with Crippen LogP contribution < -0.4 is 10.2 Å². The van der Waals surface area contributed by atoms with E-state index in [-0.39, 0.29) is 6.10 Å². The van der Waals surface area contributed by atoms with Crippen molar-refractivity contribution in [2.75, 3.05) is 30.4 Å². The van der Waals surface area contributed by atoms with Crippen molar-refractivity contribution in [2.24, 2.45) is 5.92 Å². The van der Waals surface area contributed by atoms with E-state index in [1.807, 2.05) is 6.92 Å². The summed E-state index contributed by atoms with van der Waals surface area (Å²) in [7, 11) is 1.80. The van der Waals surface area contributed by atoms with Crippen molar-refractivity contribution in [2.45, 2.75) is 25.9 Å². The van der Waals surface area contributed by atoms with Gasteiger partial charge in [0.2, 0.25) is 5.95 Å². The zero-order chi connectivity index (χ0) is 14.1. The van der Waals surface area contributed by atoms with Crippen LogP contribution in [0.5, 0.6) is 0 Å². The Balaban J connectivity index is 1.88. The van der Waals surface area contributed by atoms with Gasteiger partial charge >= 0.3 is 0 Å². The average Bonchev–Trinajstić information content (AvgIpc) is 2.94. The lowest BCUT2D eigenvalue weighted by molar-refractivity contribution is 0.110. The number of aliphatic hydroxyl groups is 1. The van der Waals surface area contributed by atoms with Gasteiger partial charge < -0.3 is 20.3 Å². The van der Waals surface area contributed by atoms with Crippen LogP contribution in [-0.2, 0) is 0 Å². The highest BCUT2D eigenvalue weighted by molar-refractivity contribution is 5.84. The quantitative estimate of drug-likeness (QED) is 0.774. The van der Waals surface area contributed by atoms with Crippen molar-refractivity contribution >= 4 is 22.9 Å². The fourth-order valence-electron chi connectivity index (χ4n) is 2.75. The maximum atomic E-state index is 9.68. The molecule has 0 aliphatic carbocycles. The second kappa shape index (κ2) is 5.24. The van der Waals surface area contributed by atoms with Gasteiger partial charge in [-0.05, 0) is 25.7 Å². The smallest absolute Gasteiger partial charge is 0.226 e. The lowest BCUT2D eigenvalue weighted by atomic mass is 9.92. The van der Waals surface area contributed by atoms with Crippen LogP contribution in [-0.4, -0.2) is 51.3 Å². The first kappa shape index (κ1) is 13.1. The van der Waals surface area contributed by atoms with Crippen LogP contribution in [0.2, 0.25) is 0 Å². The number of aromatic amines is 1. The highest BCUT2D eigenvalue weighted by Gasteiger charge is 2.25. The van der Waals surface area contributed by atoms with Crippen LogP contribution in [0.4, 0.5) is 11.8 Å². The van der Waals surface area contributed by atoms with Gasteiger partial charge in [-0.15, -0.1) is 0 Å². The average molecular weight is 276 g/mol. The molecule has 0 radical (unpaired) electrons. The highest BCUT2D eigenvalue weighted by Crippen LogP contribution is 2.28. The Kier molecular flexibility index (Phi) is 3.43. The molecule has 0 saturated carbocycles. The highest BCUT2D eigenvalue weighted by atomic mass is 16.3. The molecule has 0 spiro atoms. The predicted molar refractivity (Wildman–Crippen MR) is 77.8 cm³/mol. The molecule has 2 aromatic heterocycles. The number of aliphatic hydroxyl groups excluding tert-OH is 1. The molecule has 3 rings (SSSR count). The van der Waals surface area contributed by atoms with E-state index in [4.69, 9.17) is 0 Å². The van der Waals surface area contributed by atoms with Crippen LogP contribution in [0.15, 0.2) is 6.33 Å². The van der Waals surface area contributed by atoms with E-state index < -0.39 is 0 Å². The van der Waals surface area contributed by atoms with Crippen molar-refractivity contribution in [3.05, 3.63) is 6.33 Å². The number of anilines is 2. The summed E-state index contributed by atoms with van der Waals surface area (Å²) in [6.45, 7) is 3.66. The summed E-state index contributed by atoms with van der Waals surface area (Å²) >= 11 is 0. The fourth-order valence-corrected chi connectivity index (χ4v) is 2.75. The zero-order valence-corrected chi connectivity index (χ0v) is 11.8. The van der Waals surface area contributed by atoms with Gasteiger partial charge in [0.05, 0.1) is 12.4 Å². The van der Waals surface area contributed by atoms with E-state index in [0.717, 1.165) is 37.3 Å². The zero-order valence-electron chi connectivity index (χ0n) is 11.8. The van der Waals surface area contributed by atoms with Gasteiger partial charge in [-0.2, -0.15) is 9.97 Å². The summed E-state index contributed by atoms with van der Waals surface area (Å²) < 4.78 is 0. The first-order chi connectivity index (χ1) is 9.69. The minimum absolute atomic E-state index is 0.234. The van der Waals surface area contributed by atoms with Crippen molar-refractivity contribution in [3.63, 3.8) is 0 Å². The van der Waals surface area contributed by atoms with Crippen LogP contribution >= 0.6 is 0 Å². The summed E-state index contributed by atoms with van der Waals surface area (Å²) in [4.78, 5) is 18.4.